The van der Waals surface area contributed by atoms with Gasteiger partial charge in [0.1, 0.15) is 0 Å². The number of hydrogen-bond acceptors (Lipinski definition) is 2. The van der Waals surface area contributed by atoms with Crippen molar-refractivity contribution in [3.8, 4) is 0 Å². The highest BCUT2D eigenvalue weighted by Gasteiger charge is 2.44. The van der Waals surface area contributed by atoms with Crippen LogP contribution in [0.15, 0.2) is 18.2 Å². The van der Waals surface area contributed by atoms with Gasteiger partial charge in [0.05, 0.1) is 11.7 Å². The molecule has 1 heterocycles. The van der Waals surface area contributed by atoms with E-state index in [-0.39, 0.29) is 5.60 Å². The molecule has 19 heavy (non-hydrogen) atoms. The Morgan fingerprint density at radius 1 is 1.42 bits per heavy atom. The SMILES string of the molecule is Cc1ccc(C(O)C2CCOC3(CCC3)C2)cc1Cl. The third kappa shape index (κ3) is 2.54. The molecule has 1 N–H and O–H groups in total. The van der Waals surface area contributed by atoms with Crippen molar-refractivity contribution in [2.75, 3.05) is 6.61 Å². The molecule has 1 aliphatic heterocycles. The van der Waals surface area contributed by atoms with E-state index in [1.165, 1.54) is 6.42 Å². The van der Waals surface area contributed by atoms with Crippen molar-refractivity contribution in [1.29, 1.82) is 0 Å². The molecule has 3 rings (SSSR count). The van der Waals surface area contributed by atoms with E-state index in [0.717, 1.165) is 48.4 Å². The van der Waals surface area contributed by atoms with Crippen LogP contribution in [-0.2, 0) is 4.74 Å². The smallest absolute Gasteiger partial charge is 0.0820 e. The third-order valence-corrected chi connectivity index (χ3v) is 5.19. The average molecular weight is 281 g/mol. The van der Waals surface area contributed by atoms with Gasteiger partial charge in [-0.1, -0.05) is 23.7 Å². The molecule has 1 saturated carbocycles. The van der Waals surface area contributed by atoms with Crippen LogP contribution in [0.3, 0.4) is 0 Å². The predicted molar refractivity (Wildman–Crippen MR) is 76.4 cm³/mol. The largest absolute Gasteiger partial charge is 0.388 e. The Morgan fingerprint density at radius 3 is 2.84 bits per heavy atom. The number of ether oxygens (including phenoxy) is 1. The standard InChI is InChI=1S/C16H21ClO2/c1-11-3-4-12(9-14(11)17)15(18)13-5-8-19-16(10-13)6-2-7-16/h3-4,9,13,15,18H,2,5-8,10H2,1H3. The molecule has 1 spiro atoms. The molecule has 2 unspecified atom stereocenters. The topological polar surface area (TPSA) is 29.5 Å². The summed E-state index contributed by atoms with van der Waals surface area (Å²) >= 11 is 6.16. The lowest BCUT2D eigenvalue weighted by Gasteiger charge is -2.48. The lowest BCUT2D eigenvalue weighted by molar-refractivity contribution is -0.157. The minimum absolute atomic E-state index is 0.0817. The minimum Gasteiger partial charge on any atom is -0.388 e. The van der Waals surface area contributed by atoms with E-state index in [4.69, 9.17) is 16.3 Å². The second kappa shape index (κ2) is 5.08. The van der Waals surface area contributed by atoms with Crippen molar-refractivity contribution in [3.05, 3.63) is 34.3 Å². The third-order valence-electron chi connectivity index (χ3n) is 4.78. The molecule has 1 aliphatic carbocycles. The van der Waals surface area contributed by atoms with Gasteiger partial charge >= 0.3 is 0 Å². The fraction of sp³-hybridized carbons (Fsp3) is 0.625. The molecule has 2 fully saturated rings. The highest BCUT2D eigenvalue weighted by atomic mass is 35.5. The van der Waals surface area contributed by atoms with E-state index in [1.807, 2.05) is 25.1 Å². The Balaban J connectivity index is 1.75. The molecule has 2 nitrogen and oxygen atoms in total. The summed E-state index contributed by atoms with van der Waals surface area (Å²) < 4.78 is 5.92. The van der Waals surface area contributed by atoms with Crippen LogP contribution in [0.2, 0.25) is 5.02 Å². The lowest BCUT2D eigenvalue weighted by atomic mass is 9.70. The van der Waals surface area contributed by atoms with Gasteiger partial charge < -0.3 is 9.84 Å². The zero-order chi connectivity index (χ0) is 13.5. The van der Waals surface area contributed by atoms with Gasteiger partial charge in [-0.2, -0.15) is 0 Å². The average Bonchev–Trinajstić information content (AvgIpc) is 2.39. The summed E-state index contributed by atoms with van der Waals surface area (Å²) in [6.07, 6.45) is 5.09. The molecule has 1 aromatic carbocycles. The molecule has 1 aromatic rings. The first-order chi connectivity index (χ1) is 9.10. The van der Waals surface area contributed by atoms with Crippen molar-refractivity contribution >= 4 is 11.6 Å². The van der Waals surface area contributed by atoms with Crippen LogP contribution in [0.25, 0.3) is 0 Å². The van der Waals surface area contributed by atoms with Crippen LogP contribution >= 0.6 is 11.6 Å². The van der Waals surface area contributed by atoms with Crippen LogP contribution < -0.4 is 0 Å². The second-order valence-corrected chi connectivity index (χ2v) is 6.50. The quantitative estimate of drug-likeness (QED) is 0.886. The number of benzene rings is 1. The first kappa shape index (κ1) is 13.4. The number of aryl methyl sites for hydroxylation is 1. The molecule has 3 heteroatoms. The summed E-state index contributed by atoms with van der Waals surface area (Å²) in [4.78, 5) is 0. The van der Waals surface area contributed by atoms with Crippen LogP contribution in [0.4, 0.5) is 0 Å². The minimum atomic E-state index is -0.417. The molecule has 0 bridgehead atoms. The fourth-order valence-electron chi connectivity index (χ4n) is 3.32. The summed E-state index contributed by atoms with van der Waals surface area (Å²) in [5, 5.41) is 11.3. The second-order valence-electron chi connectivity index (χ2n) is 6.09. The molecule has 104 valence electrons. The van der Waals surface area contributed by atoms with E-state index in [0.29, 0.717) is 5.92 Å². The number of hydrogen-bond donors (Lipinski definition) is 1. The maximum Gasteiger partial charge on any atom is 0.0820 e. The highest BCUT2D eigenvalue weighted by molar-refractivity contribution is 6.31. The zero-order valence-corrected chi connectivity index (χ0v) is 12.1. The number of aliphatic hydroxyl groups excluding tert-OH is 1. The molecule has 2 aliphatic rings. The van der Waals surface area contributed by atoms with Crippen LogP contribution in [0.5, 0.6) is 0 Å². The van der Waals surface area contributed by atoms with Gasteiger partial charge in [0.25, 0.3) is 0 Å². The van der Waals surface area contributed by atoms with Crippen molar-refractivity contribution in [1.82, 2.24) is 0 Å². The Morgan fingerprint density at radius 2 is 2.21 bits per heavy atom. The van der Waals surface area contributed by atoms with Gasteiger partial charge in [0.2, 0.25) is 0 Å². The van der Waals surface area contributed by atoms with Gasteiger partial charge in [-0.15, -0.1) is 0 Å². The number of rotatable bonds is 2. The summed E-state index contributed by atoms with van der Waals surface area (Å²) in [6.45, 7) is 2.76. The highest BCUT2D eigenvalue weighted by Crippen LogP contribution is 2.47. The molecule has 2 atom stereocenters. The van der Waals surface area contributed by atoms with Crippen molar-refractivity contribution in [2.45, 2.75) is 50.7 Å². The Hall–Kier alpha value is -0.570. The van der Waals surface area contributed by atoms with Crippen molar-refractivity contribution in [2.24, 2.45) is 5.92 Å². The number of halogens is 1. The van der Waals surface area contributed by atoms with E-state index < -0.39 is 6.10 Å². The molecular formula is C16H21ClO2. The molecule has 1 saturated heterocycles. The van der Waals surface area contributed by atoms with Crippen molar-refractivity contribution < 1.29 is 9.84 Å². The van der Waals surface area contributed by atoms with Gasteiger partial charge in [-0.05, 0) is 62.1 Å². The van der Waals surface area contributed by atoms with Crippen LogP contribution in [0, 0.1) is 12.8 Å². The molecule has 0 aromatic heterocycles. The van der Waals surface area contributed by atoms with Gasteiger partial charge in [-0.3, -0.25) is 0 Å². The van der Waals surface area contributed by atoms with E-state index in [1.54, 1.807) is 0 Å². The van der Waals surface area contributed by atoms with Gasteiger partial charge in [0.15, 0.2) is 0 Å². The molecule has 0 radical (unpaired) electrons. The summed E-state index contributed by atoms with van der Waals surface area (Å²) in [6, 6.07) is 5.89. The maximum absolute atomic E-state index is 10.6. The molecular weight excluding hydrogens is 260 g/mol. The molecule has 0 amide bonds. The van der Waals surface area contributed by atoms with Crippen molar-refractivity contribution in [3.63, 3.8) is 0 Å². The Bertz CT molecular complexity index is 468. The predicted octanol–water partition coefficient (Wildman–Crippen LogP) is 4.03. The Labute approximate surface area is 119 Å². The van der Waals surface area contributed by atoms with Crippen LogP contribution in [-0.4, -0.2) is 17.3 Å². The number of aliphatic hydroxyl groups is 1. The van der Waals surface area contributed by atoms with Crippen LogP contribution in [0.1, 0.15) is 49.3 Å². The summed E-state index contributed by atoms with van der Waals surface area (Å²) in [5.74, 6) is 0.299. The normalized spacial score (nSPS) is 27.0. The lowest BCUT2D eigenvalue weighted by Crippen LogP contribution is -2.46. The van der Waals surface area contributed by atoms with E-state index in [2.05, 4.69) is 0 Å². The maximum atomic E-state index is 10.6. The summed E-state index contributed by atoms with van der Waals surface area (Å²) in [7, 11) is 0. The monoisotopic (exact) mass is 280 g/mol. The van der Waals surface area contributed by atoms with Gasteiger partial charge in [-0.25, -0.2) is 0 Å². The Kier molecular flexibility index (Phi) is 3.59. The fourth-order valence-corrected chi connectivity index (χ4v) is 3.51. The van der Waals surface area contributed by atoms with E-state index in [9.17, 15) is 5.11 Å². The first-order valence-electron chi connectivity index (χ1n) is 7.18. The zero-order valence-electron chi connectivity index (χ0n) is 11.4. The van der Waals surface area contributed by atoms with E-state index >= 15 is 0 Å². The van der Waals surface area contributed by atoms with Gasteiger partial charge in [0, 0.05) is 11.6 Å². The summed E-state index contributed by atoms with van der Waals surface area (Å²) in [5.41, 5.74) is 2.08. The first-order valence-corrected chi connectivity index (χ1v) is 7.56.